The van der Waals surface area contributed by atoms with E-state index in [-0.39, 0.29) is 6.10 Å². The Balaban J connectivity index is 2.01. The van der Waals surface area contributed by atoms with E-state index in [4.69, 9.17) is 16.3 Å². The van der Waals surface area contributed by atoms with Gasteiger partial charge in [-0.3, -0.25) is 0 Å². The molecule has 1 aliphatic heterocycles. The number of benzene rings is 1. The number of aromatic nitrogens is 1. The highest BCUT2D eigenvalue weighted by atomic mass is 35.5. The molecule has 3 rings (SSSR count). The summed E-state index contributed by atoms with van der Waals surface area (Å²) in [6, 6.07) is 8.37. The monoisotopic (exact) mass is 304 g/mol. The molecule has 3 nitrogen and oxygen atoms in total. The standard InChI is InChI=1S/C17H21ClN2O/c1-12-7-8-20(11-16(12)21-2)17-15-6-4-3-5-14(15)13(9-18)10-19-17/h3-6,10,12,16H,7-9,11H2,1-2H3. The van der Waals surface area contributed by atoms with Crippen LogP contribution in [-0.4, -0.2) is 31.3 Å². The highest BCUT2D eigenvalue weighted by Gasteiger charge is 2.27. The molecular weight excluding hydrogens is 284 g/mol. The minimum atomic E-state index is 0.270. The molecule has 2 unspecified atom stereocenters. The van der Waals surface area contributed by atoms with Crippen LogP contribution in [0.3, 0.4) is 0 Å². The molecule has 1 aromatic heterocycles. The number of alkyl halides is 1. The van der Waals surface area contributed by atoms with Gasteiger partial charge in [-0.25, -0.2) is 4.98 Å². The summed E-state index contributed by atoms with van der Waals surface area (Å²) < 4.78 is 5.62. The van der Waals surface area contributed by atoms with Crippen LogP contribution in [0.25, 0.3) is 10.8 Å². The molecule has 112 valence electrons. The fourth-order valence-electron chi connectivity index (χ4n) is 3.13. The molecule has 2 heterocycles. The van der Waals surface area contributed by atoms with Gasteiger partial charge in [0.1, 0.15) is 5.82 Å². The average molecular weight is 305 g/mol. The number of anilines is 1. The maximum atomic E-state index is 6.04. The molecule has 4 heteroatoms. The molecule has 1 saturated heterocycles. The minimum absolute atomic E-state index is 0.270. The Labute approximate surface area is 130 Å². The van der Waals surface area contributed by atoms with Crippen LogP contribution >= 0.6 is 11.6 Å². The quantitative estimate of drug-likeness (QED) is 0.806. The van der Waals surface area contributed by atoms with E-state index in [2.05, 4.69) is 41.1 Å². The lowest BCUT2D eigenvalue weighted by atomic mass is 9.95. The maximum Gasteiger partial charge on any atom is 0.136 e. The summed E-state index contributed by atoms with van der Waals surface area (Å²) in [6.45, 7) is 4.18. The summed E-state index contributed by atoms with van der Waals surface area (Å²) in [7, 11) is 1.80. The SMILES string of the molecule is COC1CN(c2ncc(CCl)c3ccccc23)CCC1C. The topological polar surface area (TPSA) is 25.4 Å². The molecule has 1 aromatic carbocycles. The molecule has 0 spiro atoms. The van der Waals surface area contributed by atoms with Gasteiger partial charge in [-0.05, 0) is 23.3 Å². The molecule has 21 heavy (non-hydrogen) atoms. The van der Waals surface area contributed by atoms with Crippen LogP contribution in [-0.2, 0) is 10.6 Å². The van der Waals surface area contributed by atoms with Gasteiger partial charge in [0.2, 0.25) is 0 Å². The molecule has 1 aliphatic rings. The van der Waals surface area contributed by atoms with Crippen LogP contribution in [0.5, 0.6) is 0 Å². The summed E-state index contributed by atoms with van der Waals surface area (Å²) in [5.74, 6) is 2.14. The van der Waals surface area contributed by atoms with Gasteiger partial charge in [0.25, 0.3) is 0 Å². The maximum absolute atomic E-state index is 6.04. The van der Waals surface area contributed by atoms with Crippen molar-refractivity contribution in [3.05, 3.63) is 36.0 Å². The summed E-state index contributed by atoms with van der Waals surface area (Å²) in [4.78, 5) is 7.02. The van der Waals surface area contributed by atoms with Crippen LogP contribution in [0.1, 0.15) is 18.9 Å². The Bertz CT molecular complexity index is 631. The molecule has 0 amide bonds. The highest BCUT2D eigenvalue weighted by Crippen LogP contribution is 2.31. The van der Waals surface area contributed by atoms with Gasteiger partial charge in [-0.1, -0.05) is 31.2 Å². The molecule has 0 N–H and O–H groups in total. The zero-order chi connectivity index (χ0) is 14.8. The van der Waals surface area contributed by atoms with Crippen molar-refractivity contribution < 1.29 is 4.74 Å². The van der Waals surface area contributed by atoms with E-state index in [1.165, 1.54) is 10.8 Å². The van der Waals surface area contributed by atoms with Crippen molar-refractivity contribution in [2.24, 2.45) is 5.92 Å². The molecule has 0 saturated carbocycles. The van der Waals surface area contributed by atoms with Gasteiger partial charge in [-0.15, -0.1) is 11.6 Å². The first kappa shape index (κ1) is 14.6. The summed E-state index contributed by atoms with van der Waals surface area (Å²) >= 11 is 6.04. The van der Waals surface area contributed by atoms with E-state index in [0.717, 1.165) is 30.9 Å². The Morgan fingerprint density at radius 2 is 2.10 bits per heavy atom. The van der Waals surface area contributed by atoms with Crippen LogP contribution in [0, 0.1) is 5.92 Å². The minimum Gasteiger partial charge on any atom is -0.379 e. The third-order valence-electron chi connectivity index (χ3n) is 4.49. The fourth-order valence-corrected chi connectivity index (χ4v) is 3.34. The first-order valence-corrected chi connectivity index (χ1v) is 7.98. The van der Waals surface area contributed by atoms with E-state index < -0.39 is 0 Å². The van der Waals surface area contributed by atoms with Crippen molar-refractivity contribution in [3.8, 4) is 0 Å². The Hall–Kier alpha value is -1.32. The number of fused-ring (bicyclic) bond motifs is 1. The second kappa shape index (κ2) is 6.20. The van der Waals surface area contributed by atoms with E-state index in [1.54, 1.807) is 7.11 Å². The average Bonchev–Trinajstić information content (AvgIpc) is 2.54. The number of hydrogen-bond donors (Lipinski definition) is 0. The summed E-state index contributed by atoms with van der Waals surface area (Å²) in [5, 5.41) is 2.38. The number of piperidine rings is 1. The van der Waals surface area contributed by atoms with E-state index in [9.17, 15) is 0 Å². The van der Waals surface area contributed by atoms with Gasteiger partial charge < -0.3 is 9.64 Å². The number of nitrogens with zero attached hydrogens (tertiary/aromatic N) is 2. The third kappa shape index (κ3) is 2.72. The van der Waals surface area contributed by atoms with Gasteiger partial charge >= 0.3 is 0 Å². The lowest BCUT2D eigenvalue weighted by Gasteiger charge is -2.37. The second-order valence-corrected chi connectivity index (χ2v) is 6.04. The van der Waals surface area contributed by atoms with E-state index in [1.807, 2.05) is 6.20 Å². The van der Waals surface area contributed by atoms with Crippen molar-refractivity contribution >= 4 is 28.2 Å². The lowest BCUT2D eigenvalue weighted by molar-refractivity contribution is 0.0497. The van der Waals surface area contributed by atoms with Crippen molar-refractivity contribution in [2.45, 2.75) is 25.3 Å². The largest absolute Gasteiger partial charge is 0.379 e. The summed E-state index contributed by atoms with van der Waals surface area (Å²) in [6.07, 6.45) is 3.31. The number of ether oxygens (including phenoxy) is 1. The molecular formula is C17H21ClN2O. The van der Waals surface area contributed by atoms with E-state index in [0.29, 0.717) is 11.8 Å². The van der Waals surface area contributed by atoms with Crippen LogP contribution < -0.4 is 4.90 Å². The predicted octanol–water partition coefficient (Wildman–Crippen LogP) is 3.83. The number of rotatable bonds is 3. The first-order valence-electron chi connectivity index (χ1n) is 7.45. The third-order valence-corrected chi connectivity index (χ3v) is 4.78. The lowest BCUT2D eigenvalue weighted by Crippen LogP contribution is -2.44. The molecule has 0 bridgehead atoms. The first-order chi connectivity index (χ1) is 10.2. The molecule has 2 atom stereocenters. The smallest absolute Gasteiger partial charge is 0.136 e. The Kier molecular flexibility index (Phi) is 4.32. The Morgan fingerprint density at radius 3 is 2.81 bits per heavy atom. The highest BCUT2D eigenvalue weighted by molar-refractivity contribution is 6.18. The zero-order valence-corrected chi connectivity index (χ0v) is 13.3. The van der Waals surface area contributed by atoms with E-state index >= 15 is 0 Å². The van der Waals surface area contributed by atoms with Crippen LogP contribution in [0.2, 0.25) is 0 Å². The number of methoxy groups -OCH3 is 1. The van der Waals surface area contributed by atoms with Gasteiger partial charge in [0.15, 0.2) is 0 Å². The van der Waals surface area contributed by atoms with Crippen molar-refractivity contribution in [3.63, 3.8) is 0 Å². The van der Waals surface area contributed by atoms with Gasteiger partial charge in [0, 0.05) is 37.7 Å². The normalized spacial score (nSPS) is 22.7. The zero-order valence-electron chi connectivity index (χ0n) is 12.6. The fraction of sp³-hybridized carbons (Fsp3) is 0.471. The van der Waals surface area contributed by atoms with Gasteiger partial charge in [-0.2, -0.15) is 0 Å². The van der Waals surface area contributed by atoms with Gasteiger partial charge in [0.05, 0.1) is 6.10 Å². The Morgan fingerprint density at radius 1 is 1.33 bits per heavy atom. The van der Waals surface area contributed by atoms with Crippen molar-refractivity contribution in [1.82, 2.24) is 4.98 Å². The number of halogens is 1. The van der Waals surface area contributed by atoms with Crippen LogP contribution in [0.4, 0.5) is 5.82 Å². The van der Waals surface area contributed by atoms with Crippen molar-refractivity contribution in [2.75, 3.05) is 25.1 Å². The van der Waals surface area contributed by atoms with Crippen molar-refractivity contribution in [1.29, 1.82) is 0 Å². The molecule has 2 aromatic rings. The predicted molar refractivity (Wildman–Crippen MR) is 88.1 cm³/mol. The number of pyridine rings is 1. The molecule has 1 fully saturated rings. The molecule has 0 radical (unpaired) electrons. The number of hydrogen-bond acceptors (Lipinski definition) is 3. The summed E-state index contributed by atoms with van der Waals surface area (Å²) in [5.41, 5.74) is 1.09. The molecule has 0 aliphatic carbocycles. The van der Waals surface area contributed by atoms with Crippen LogP contribution in [0.15, 0.2) is 30.5 Å². The second-order valence-electron chi connectivity index (χ2n) is 5.77.